The Hall–Kier alpha value is -1.93. The van der Waals surface area contributed by atoms with E-state index in [1.807, 2.05) is 4.57 Å². The monoisotopic (exact) mass is 353 g/mol. The predicted molar refractivity (Wildman–Crippen MR) is 89.8 cm³/mol. The van der Waals surface area contributed by atoms with E-state index in [1.165, 1.54) is 6.92 Å². The summed E-state index contributed by atoms with van der Waals surface area (Å²) in [6.45, 7) is 3.42. The second kappa shape index (κ2) is 8.96. The summed E-state index contributed by atoms with van der Waals surface area (Å²) in [5.41, 5.74) is 0.579. The third kappa shape index (κ3) is 5.54. The second-order valence-corrected chi connectivity index (χ2v) is 6.54. The molecule has 1 saturated heterocycles. The van der Waals surface area contributed by atoms with E-state index in [0.29, 0.717) is 12.1 Å². The lowest BCUT2D eigenvalue weighted by atomic mass is 10.0. The third-order valence-electron chi connectivity index (χ3n) is 4.42. The number of carbonyl (C=O) groups excluding carboxylic acids is 1. The molecule has 1 amide bonds. The van der Waals surface area contributed by atoms with Gasteiger partial charge in [-0.2, -0.15) is 0 Å². The highest BCUT2D eigenvalue weighted by molar-refractivity contribution is 5.82. The average molecular weight is 353 g/mol. The number of aliphatic hydroxyl groups excluding tert-OH is 1. The molecule has 1 fully saturated rings. The van der Waals surface area contributed by atoms with E-state index in [9.17, 15) is 19.8 Å². The van der Waals surface area contributed by atoms with Gasteiger partial charge in [0, 0.05) is 26.0 Å². The number of aromatic nitrogens is 2. The van der Waals surface area contributed by atoms with Crippen LogP contribution in [-0.4, -0.2) is 50.1 Å². The quantitative estimate of drug-likeness (QED) is 0.576. The Balaban J connectivity index is 2.03. The van der Waals surface area contributed by atoms with Crippen LogP contribution in [0.4, 0.5) is 0 Å². The maximum absolute atomic E-state index is 11.2. The Morgan fingerprint density at radius 2 is 2.24 bits per heavy atom. The SMILES string of the molecule is CCCCCC1OC(O)CC1n1cnc(CC(NC(C)=O)C(=O)O)c1. The molecule has 4 atom stereocenters. The van der Waals surface area contributed by atoms with Gasteiger partial charge in [-0.3, -0.25) is 4.79 Å². The van der Waals surface area contributed by atoms with Crippen LogP contribution >= 0.6 is 0 Å². The Labute approximate surface area is 147 Å². The molecular formula is C17H27N3O5. The first-order valence-electron chi connectivity index (χ1n) is 8.76. The van der Waals surface area contributed by atoms with Gasteiger partial charge in [0.25, 0.3) is 0 Å². The maximum Gasteiger partial charge on any atom is 0.326 e. The first-order valence-corrected chi connectivity index (χ1v) is 8.76. The molecule has 1 aliphatic heterocycles. The Kier molecular flexibility index (Phi) is 6.95. The number of carboxylic acids is 1. The van der Waals surface area contributed by atoms with E-state index in [4.69, 9.17) is 4.74 Å². The number of rotatable bonds is 9. The predicted octanol–water partition coefficient (Wildman–Crippen LogP) is 1.24. The number of hydrogen-bond donors (Lipinski definition) is 3. The normalized spacial score (nSPS) is 24.2. The van der Waals surface area contributed by atoms with Crippen molar-refractivity contribution in [2.24, 2.45) is 0 Å². The molecule has 8 nitrogen and oxygen atoms in total. The van der Waals surface area contributed by atoms with E-state index in [0.717, 1.165) is 25.7 Å². The fourth-order valence-electron chi connectivity index (χ4n) is 3.20. The van der Waals surface area contributed by atoms with Gasteiger partial charge in [0.15, 0.2) is 6.29 Å². The fourth-order valence-corrected chi connectivity index (χ4v) is 3.20. The first-order chi connectivity index (χ1) is 11.9. The molecule has 3 N–H and O–H groups in total. The Bertz CT molecular complexity index is 589. The van der Waals surface area contributed by atoms with E-state index in [1.54, 1.807) is 12.5 Å². The number of unbranched alkanes of at least 4 members (excludes halogenated alkanes) is 2. The van der Waals surface area contributed by atoms with Crippen LogP contribution < -0.4 is 5.32 Å². The molecule has 0 bridgehead atoms. The van der Waals surface area contributed by atoms with Crippen molar-refractivity contribution in [3.8, 4) is 0 Å². The highest BCUT2D eigenvalue weighted by Crippen LogP contribution is 2.33. The number of imidazole rings is 1. The molecule has 25 heavy (non-hydrogen) atoms. The van der Waals surface area contributed by atoms with Gasteiger partial charge in [-0.1, -0.05) is 26.2 Å². The molecule has 1 aliphatic rings. The van der Waals surface area contributed by atoms with Crippen LogP contribution in [0.25, 0.3) is 0 Å². The summed E-state index contributed by atoms with van der Waals surface area (Å²) in [5, 5.41) is 21.4. The molecule has 0 saturated carbocycles. The van der Waals surface area contributed by atoms with E-state index < -0.39 is 24.2 Å². The molecule has 0 aromatic carbocycles. The van der Waals surface area contributed by atoms with Gasteiger partial charge in [0.05, 0.1) is 24.2 Å². The number of carbonyl (C=O) groups is 2. The van der Waals surface area contributed by atoms with Crippen molar-refractivity contribution in [3.63, 3.8) is 0 Å². The molecule has 8 heteroatoms. The van der Waals surface area contributed by atoms with Gasteiger partial charge in [0.2, 0.25) is 5.91 Å². The summed E-state index contributed by atoms with van der Waals surface area (Å²) in [6, 6.07) is -1.02. The molecule has 140 valence electrons. The highest BCUT2D eigenvalue weighted by Gasteiger charge is 2.35. The maximum atomic E-state index is 11.2. The first kappa shape index (κ1) is 19.4. The molecule has 0 radical (unpaired) electrons. The van der Waals surface area contributed by atoms with Crippen molar-refractivity contribution in [3.05, 3.63) is 18.2 Å². The molecule has 0 aliphatic carbocycles. The smallest absolute Gasteiger partial charge is 0.326 e. The van der Waals surface area contributed by atoms with Crippen LogP contribution in [-0.2, 0) is 20.7 Å². The molecular weight excluding hydrogens is 326 g/mol. The summed E-state index contributed by atoms with van der Waals surface area (Å²) in [6.07, 6.45) is 7.30. The molecule has 4 unspecified atom stereocenters. The van der Waals surface area contributed by atoms with Crippen molar-refractivity contribution >= 4 is 11.9 Å². The standard InChI is InChI=1S/C17H27N3O5/c1-3-4-5-6-15-14(8-16(22)25-15)20-9-12(18-10-20)7-13(17(23)24)19-11(2)21/h9-10,13-16,22H,3-8H2,1-2H3,(H,19,21)(H,23,24). The van der Waals surface area contributed by atoms with Crippen LogP contribution in [0.5, 0.6) is 0 Å². The van der Waals surface area contributed by atoms with Gasteiger partial charge in [-0.05, 0) is 6.42 Å². The number of hydrogen-bond acceptors (Lipinski definition) is 5. The summed E-state index contributed by atoms with van der Waals surface area (Å²) >= 11 is 0. The minimum absolute atomic E-state index is 0.0165. The lowest BCUT2D eigenvalue weighted by Gasteiger charge is -2.19. The van der Waals surface area contributed by atoms with Crippen molar-refractivity contribution in [2.45, 2.75) is 76.9 Å². The number of ether oxygens (including phenoxy) is 1. The summed E-state index contributed by atoms with van der Waals surface area (Å²) in [4.78, 5) is 26.6. The number of nitrogens with one attached hydrogen (secondary N) is 1. The second-order valence-electron chi connectivity index (χ2n) is 6.54. The topological polar surface area (TPSA) is 114 Å². The molecule has 0 spiro atoms. The summed E-state index contributed by atoms with van der Waals surface area (Å²) < 4.78 is 7.50. The Morgan fingerprint density at radius 1 is 1.48 bits per heavy atom. The number of aliphatic hydroxyl groups is 1. The largest absolute Gasteiger partial charge is 0.480 e. The molecule has 2 heterocycles. The van der Waals surface area contributed by atoms with Gasteiger partial charge < -0.3 is 24.8 Å². The number of nitrogens with zero attached hydrogens (tertiary/aromatic N) is 2. The van der Waals surface area contributed by atoms with E-state index >= 15 is 0 Å². The zero-order valence-corrected chi connectivity index (χ0v) is 14.7. The van der Waals surface area contributed by atoms with E-state index in [-0.39, 0.29) is 18.6 Å². The van der Waals surface area contributed by atoms with Crippen molar-refractivity contribution in [1.29, 1.82) is 0 Å². The van der Waals surface area contributed by atoms with Crippen LogP contribution in [0, 0.1) is 0 Å². The van der Waals surface area contributed by atoms with Gasteiger partial charge in [-0.25, -0.2) is 9.78 Å². The molecule has 1 aromatic rings. The zero-order chi connectivity index (χ0) is 18.4. The minimum atomic E-state index is -1.10. The number of carboxylic acid groups (broad SMARTS) is 1. The van der Waals surface area contributed by atoms with Crippen LogP contribution in [0.15, 0.2) is 12.5 Å². The van der Waals surface area contributed by atoms with Crippen LogP contribution in [0.2, 0.25) is 0 Å². The average Bonchev–Trinajstić information content (AvgIpc) is 3.13. The lowest BCUT2D eigenvalue weighted by molar-refractivity contribution is -0.141. The number of aliphatic carboxylic acids is 1. The summed E-state index contributed by atoms with van der Waals surface area (Å²) in [5.74, 6) is -1.49. The zero-order valence-electron chi connectivity index (χ0n) is 14.7. The van der Waals surface area contributed by atoms with E-state index in [2.05, 4.69) is 17.2 Å². The van der Waals surface area contributed by atoms with Gasteiger partial charge in [-0.15, -0.1) is 0 Å². The van der Waals surface area contributed by atoms with Crippen molar-refractivity contribution in [2.75, 3.05) is 0 Å². The van der Waals surface area contributed by atoms with Gasteiger partial charge >= 0.3 is 5.97 Å². The molecule has 1 aromatic heterocycles. The third-order valence-corrected chi connectivity index (χ3v) is 4.42. The minimum Gasteiger partial charge on any atom is -0.480 e. The summed E-state index contributed by atoms with van der Waals surface area (Å²) in [7, 11) is 0. The van der Waals surface area contributed by atoms with Gasteiger partial charge in [0.1, 0.15) is 6.04 Å². The van der Waals surface area contributed by atoms with Crippen LogP contribution in [0.3, 0.4) is 0 Å². The number of amides is 1. The fraction of sp³-hybridized carbons (Fsp3) is 0.706. The van der Waals surface area contributed by atoms with Crippen molar-refractivity contribution < 1.29 is 24.5 Å². The molecule has 2 rings (SSSR count). The highest BCUT2D eigenvalue weighted by atomic mass is 16.6. The van der Waals surface area contributed by atoms with Crippen LogP contribution in [0.1, 0.15) is 57.7 Å². The van der Waals surface area contributed by atoms with Crippen molar-refractivity contribution in [1.82, 2.24) is 14.9 Å². The lowest BCUT2D eigenvalue weighted by Crippen LogP contribution is -2.41. The Morgan fingerprint density at radius 3 is 2.88 bits per heavy atom.